The first-order valence-corrected chi connectivity index (χ1v) is 8.24. The van der Waals surface area contributed by atoms with Gasteiger partial charge in [0.25, 0.3) is 0 Å². The highest BCUT2D eigenvalue weighted by atomic mass is 28.4. The zero-order chi connectivity index (χ0) is 11.7. The summed E-state index contributed by atoms with van der Waals surface area (Å²) in [5.41, 5.74) is 6.08. The Morgan fingerprint density at radius 1 is 1.13 bits per heavy atom. The zero-order valence-electron chi connectivity index (χ0n) is 10.7. The molecule has 0 aromatic rings. The molecule has 0 aromatic carbocycles. The van der Waals surface area contributed by atoms with Crippen molar-refractivity contribution in [1.29, 1.82) is 0 Å². The van der Waals surface area contributed by atoms with E-state index in [9.17, 15) is 0 Å². The summed E-state index contributed by atoms with van der Waals surface area (Å²) < 4.78 is 11.9. The lowest BCUT2D eigenvalue weighted by Gasteiger charge is -2.34. The molecule has 1 unspecified atom stereocenters. The van der Waals surface area contributed by atoms with Crippen molar-refractivity contribution in [3.05, 3.63) is 0 Å². The van der Waals surface area contributed by atoms with E-state index >= 15 is 0 Å². The van der Waals surface area contributed by atoms with Crippen LogP contribution < -0.4 is 5.73 Å². The first-order chi connectivity index (χ1) is 7.16. The van der Waals surface area contributed by atoms with Gasteiger partial charge in [0.15, 0.2) is 0 Å². The Balaban J connectivity index is 4.41. The minimum Gasteiger partial charge on any atom is -0.394 e. The number of rotatable bonds is 9. The minimum absolute atomic E-state index is 0.533. The molecule has 0 spiro atoms. The molecule has 0 fully saturated rings. The topological polar surface area (TPSA) is 44.5 Å². The lowest BCUT2D eigenvalue weighted by Crippen LogP contribution is -2.45. The molecule has 0 saturated heterocycles. The molecule has 1 atom stereocenters. The summed E-state index contributed by atoms with van der Waals surface area (Å²) in [5, 5.41) is 0. The molecule has 0 aliphatic heterocycles. The molecule has 0 amide bonds. The predicted octanol–water partition coefficient (Wildman–Crippen LogP) is 2.65. The van der Waals surface area contributed by atoms with Gasteiger partial charge in [-0.25, -0.2) is 0 Å². The lowest BCUT2D eigenvalue weighted by molar-refractivity contribution is 0.173. The fraction of sp³-hybridized carbons (Fsp3) is 1.00. The van der Waals surface area contributed by atoms with Crippen LogP contribution >= 0.6 is 0 Å². The molecule has 0 saturated carbocycles. The van der Waals surface area contributed by atoms with E-state index in [-0.39, 0.29) is 0 Å². The van der Waals surface area contributed by atoms with E-state index in [2.05, 4.69) is 13.8 Å². The second-order valence-electron chi connectivity index (χ2n) is 3.86. The Morgan fingerprint density at radius 2 is 1.67 bits per heavy atom. The van der Waals surface area contributed by atoms with Crippen molar-refractivity contribution >= 4 is 8.56 Å². The Kier molecular flexibility index (Phi) is 8.33. The van der Waals surface area contributed by atoms with E-state index in [4.69, 9.17) is 14.6 Å². The van der Waals surface area contributed by atoms with Crippen molar-refractivity contribution in [2.45, 2.75) is 52.1 Å². The summed E-state index contributed by atoms with van der Waals surface area (Å²) in [5.74, 6) is 0. The van der Waals surface area contributed by atoms with E-state index in [0.29, 0.717) is 5.54 Å². The summed E-state index contributed by atoms with van der Waals surface area (Å²) in [6.45, 7) is 10.8. The lowest BCUT2D eigenvalue weighted by atomic mass is 10.2. The molecule has 0 rings (SSSR count). The SMILES string of the molecule is CCO[Si](CC)(OCC)C(C)CCCN. The van der Waals surface area contributed by atoms with Gasteiger partial charge in [-0.15, -0.1) is 0 Å². The number of hydrogen-bond donors (Lipinski definition) is 1. The smallest absolute Gasteiger partial charge is 0.340 e. The van der Waals surface area contributed by atoms with Crippen LogP contribution in [0.3, 0.4) is 0 Å². The molecular formula is C11H27NO2Si. The van der Waals surface area contributed by atoms with Crippen LogP contribution in [-0.4, -0.2) is 28.3 Å². The van der Waals surface area contributed by atoms with E-state index < -0.39 is 8.56 Å². The van der Waals surface area contributed by atoms with Crippen LogP contribution in [0.4, 0.5) is 0 Å². The highest BCUT2D eigenvalue weighted by molar-refractivity contribution is 6.68. The highest BCUT2D eigenvalue weighted by Gasteiger charge is 2.40. The highest BCUT2D eigenvalue weighted by Crippen LogP contribution is 2.31. The van der Waals surface area contributed by atoms with Crippen LogP contribution in [0.25, 0.3) is 0 Å². The van der Waals surface area contributed by atoms with Gasteiger partial charge in [-0.3, -0.25) is 0 Å². The van der Waals surface area contributed by atoms with Crippen LogP contribution in [0.1, 0.15) is 40.5 Å². The molecule has 0 aliphatic carbocycles. The largest absolute Gasteiger partial charge is 0.394 e. The molecule has 0 aromatic heterocycles. The van der Waals surface area contributed by atoms with E-state index in [0.717, 1.165) is 38.6 Å². The van der Waals surface area contributed by atoms with Crippen LogP contribution in [0.2, 0.25) is 11.6 Å². The van der Waals surface area contributed by atoms with Gasteiger partial charge >= 0.3 is 8.56 Å². The Bertz CT molecular complexity index is 150. The van der Waals surface area contributed by atoms with Gasteiger partial charge in [-0.2, -0.15) is 0 Å². The van der Waals surface area contributed by atoms with Gasteiger partial charge in [0.05, 0.1) is 0 Å². The van der Waals surface area contributed by atoms with Crippen molar-refractivity contribution in [2.24, 2.45) is 5.73 Å². The fourth-order valence-corrected chi connectivity index (χ4v) is 5.39. The maximum atomic E-state index is 5.95. The van der Waals surface area contributed by atoms with Crippen LogP contribution in [0, 0.1) is 0 Å². The summed E-state index contributed by atoms with van der Waals surface area (Å²) in [7, 11) is -1.97. The third kappa shape index (κ3) is 4.63. The monoisotopic (exact) mass is 233 g/mol. The molecule has 0 heterocycles. The molecule has 4 heteroatoms. The normalized spacial score (nSPS) is 14.2. The Labute approximate surface area is 95.6 Å². The van der Waals surface area contributed by atoms with Crippen molar-refractivity contribution in [3.63, 3.8) is 0 Å². The van der Waals surface area contributed by atoms with Crippen LogP contribution in [0.5, 0.6) is 0 Å². The average Bonchev–Trinajstić information content (AvgIpc) is 2.25. The van der Waals surface area contributed by atoms with Gasteiger partial charge in [0.2, 0.25) is 0 Å². The summed E-state index contributed by atoms with van der Waals surface area (Å²) in [4.78, 5) is 0. The predicted molar refractivity (Wildman–Crippen MR) is 67.2 cm³/mol. The number of nitrogens with two attached hydrogens (primary N) is 1. The Morgan fingerprint density at radius 3 is 2.00 bits per heavy atom. The molecule has 0 radical (unpaired) electrons. The summed E-state index contributed by atoms with van der Waals surface area (Å²) in [6.07, 6.45) is 2.19. The van der Waals surface area contributed by atoms with Gasteiger partial charge in [-0.1, -0.05) is 13.8 Å². The van der Waals surface area contributed by atoms with Gasteiger partial charge in [0, 0.05) is 13.2 Å². The van der Waals surface area contributed by atoms with E-state index in [1.165, 1.54) is 0 Å². The fourth-order valence-electron chi connectivity index (χ4n) is 2.01. The van der Waals surface area contributed by atoms with Crippen molar-refractivity contribution < 1.29 is 8.85 Å². The standard InChI is InChI=1S/C11H27NO2Si/c1-5-13-15(7-3,14-6-2)11(4)9-8-10-12/h11H,5-10,12H2,1-4H3. The van der Waals surface area contributed by atoms with Gasteiger partial charge in [-0.05, 0) is 44.8 Å². The molecule has 15 heavy (non-hydrogen) atoms. The maximum Gasteiger partial charge on any atom is 0.340 e. The van der Waals surface area contributed by atoms with Crippen LogP contribution in [0.15, 0.2) is 0 Å². The summed E-state index contributed by atoms with van der Waals surface area (Å²) >= 11 is 0. The van der Waals surface area contributed by atoms with Crippen molar-refractivity contribution in [1.82, 2.24) is 0 Å². The zero-order valence-corrected chi connectivity index (χ0v) is 11.7. The molecule has 2 N–H and O–H groups in total. The first kappa shape index (κ1) is 15.1. The van der Waals surface area contributed by atoms with Gasteiger partial charge < -0.3 is 14.6 Å². The average molecular weight is 233 g/mol. The quantitative estimate of drug-likeness (QED) is 0.623. The third-order valence-electron chi connectivity index (χ3n) is 2.86. The molecular weight excluding hydrogens is 206 g/mol. The van der Waals surface area contributed by atoms with E-state index in [1.807, 2.05) is 13.8 Å². The third-order valence-corrected chi connectivity index (χ3v) is 7.19. The van der Waals surface area contributed by atoms with E-state index in [1.54, 1.807) is 0 Å². The molecule has 3 nitrogen and oxygen atoms in total. The minimum atomic E-state index is -1.97. The van der Waals surface area contributed by atoms with Gasteiger partial charge in [0.1, 0.15) is 0 Å². The van der Waals surface area contributed by atoms with Crippen molar-refractivity contribution in [3.8, 4) is 0 Å². The van der Waals surface area contributed by atoms with Crippen LogP contribution in [-0.2, 0) is 8.85 Å². The maximum absolute atomic E-state index is 5.95. The van der Waals surface area contributed by atoms with Crippen molar-refractivity contribution in [2.75, 3.05) is 19.8 Å². The second kappa shape index (κ2) is 8.27. The molecule has 0 bridgehead atoms. The first-order valence-electron chi connectivity index (χ1n) is 6.14. The number of hydrogen-bond acceptors (Lipinski definition) is 3. The summed E-state index contributed by atoms with van der Waals surface area (Å²) in [6, 6.07) is 1.03. The molecule has 92 valence electrons. The second-order valence-corrected chi connectivity index (χ2v) is 7.76. The molecule has 0 aliphatic rings. The Hall–Kier alpha value is 0.0969.